The topological polar surface area (TPSA) is 59.8 Å². The van der Waals surface area contributed by atoms with Crippen LogP contribution in [-0.2, 0) is 11.3 Å². The highest BCUT2D eigenvalue weighted by Crippen LogP contribution is 2.39. The molecule has 164 valence electrons. The Kier molecular flexibility index (Phi) is 6.93. The molecule has 0 aliphatic rings. The maximum Gasteiger partial charge on any atom is 0.234 e. The number of carbonyl (C=O) groups is 1. The second kappa shape index (κ2) is 9.85. The van der Waals surface area contributed by atoms with E-state index in [9.17, 15) is 9.18 Å². The van der Waals surface area contributed by atoms with E-state index >= 15 is 0 Å². The molecule has 2 aromatic carbocycles. The van der Waals surface area contributed by atoms with Crippen molar-refractivity contribution in [1.29, 1.82) is 0 Å². The third-order valence-electron chi connectivity index (χ3n) is 4.85. The molecule has 1 amide bonds. The van der Waals surface area contributed by atoms with Crippen LogP contribution in [-0.4, -0.2) is 26.4 Å². The summed E-state index contributed by atoms with van der Waals surface area (Å²) < 4.78 is 15.3. The van der Waals surface area contributed by atoms with Gasteiger partial charge < -0.3 is 9.88 Å². The predicted molar refractivity (Wildman–Crippen MR) is 130 cm³/mol. The minimum Gasteiger partial charge on any atom is -0.325 e. The number of nitrogens with zero attached hydrogens (tertiary/aromatic N) is 3. The summed E-state index contributed by atoms with van der Waals surface area (Å²) in [6, 6.07) is 14.3. The average molecular weight is 487 g/mol. The van der Waals surface area contributed by atoms with E-state index in [2.05, 4.69) is 40.0 Å². The zero-order chi connectivity index (χ0) is 22.7. The van der Waals surface area contributed by atoms with Crippen molar-refractivity contribution >= 4 is 46.3 Å². The lowest BCUT2D eigenvalue weighted by atomic mass is 10.0. The van der Waals surface area contributed by atoms with Gasteiger partial charge in [-0.3, -0.25) is 4.79 Å². The second-order valence-corrected chi connectivity index (χ2v) is 9.40. The van der Waals surface area contributed by atoms with Crippen LogP contribution in [0, 0.1) is 12.7 Å². The summed E-state index contributed by atoms with van der Waals surface area (Å²) in [5, 5.41) is 14.2. The van der Waals surface area contributed by atoms with Crippen molar-refractivity contribution in [2.75, 3.05) is 11.1 Å². The van der Waals surface area contributed by atoms with Crippen LogP contribution in [0.2, 0.25) is 5.02 Å². The highest BCUT2D eigenvalue weighted by molar-refractivity contribution is 7.99. The van der Waals surface area contributed by atoms with Gasteiger partial charge in [0, 0.05) is 33.6 Å². The third kappa shape index (κ3) is 4.72. The molecule has 0 aliphatic heterocycles. The maximum absolute atomic E-state index is 13.3. The van der Waals surface area contributed by atoms with E-state index in [1.807, 2.05) is 29.7 Å². The Morgan fingerprint density at radius 2 is 2.00 bits per heavy atom. The normalized spacial score (nSPS) is 11.0. The zero-order valence-electron chi connectivity index (χ0n) is 17.4. The molecule has 4 aromatic rings. The summed E-state index contributed by atoms with van der Waals surface area (Å²) in [5.74, 6) is 0.160. The molecule has 0 fully saturated rings. The summed E-state index contributed by atoms with van der Waals surface area (Å²) in [6.45, 7) is 4.80. The monoisotopic (exact) mass is 486 g/mol. The van der Waals surface area contributed by atoms with Gasteiger partial charge in [-0.1, -0.05) is 53.7 Å². The van der Waals surface area contributed by atoms with Crippen molar-refractivity contribution in [3.8, 4) is 22.5 Å². The predicted octanol–water partition coefficient (Wildman–Crippen LogP) is 6.53. The minimum absolute atomic E-state index is 0.0360. The number of aromatic nitrogens is 3. The quantitative estimate of drug-likeness (QED) is 0.302. The van der Waals surface area contributed by atoms with E-state index in [-0.39, 0.29) is 16.7 Å². The van der Waals surface area contributed by atoms with Crippen LogP contribution in [0.5, 0.6) is 0 Å². The summed E-state index contributed by atoms with van der Waals surface area (Å²) in [4.78, 5) is 13.6. The Labute approximate surface area is 198 Å². The van der Waals surface area contributed by atoms with Crippen molar-refractivity contribution in [2.45, 2.75) is 25.5 Å². The molecule has 1 N–H and O–H groups in total. The number of thiophene rings is 1. The zero-order valence-corrected chi connectivity index (χ0v) is 19.8. The van der Waals surface area contributed by atoms with Crippen LogP contribution in [0.15, 0.2) is 59.1 Å². The van der Waals surface area contributed by atoms with Gasteiger partial charge in [-0.05, 0) is 37.6 Å². The van der Waals surface area contributed by atoms with Gasteiger partial charge in [0.15, 0.2) is 11.0 Å². The Morgan fingerprint density at radius 1 is 1.22 bits per heavy atom. The number of nitrogens with one attached hydrogen (secondary N) is 1. The van der Waals surface area contributed by atoms with E-state index in [0.717, 1.165) is 22.5 Å². The van der Waals surface area contributed by atoms with Crippen molar-refractivity contribution in [1.82, 2.24) is 14.8 Å². The van der Waals surface area contributed by atoms with Gasteiger partial charge in [-0.25, -0.2) is 4.39 Å². The first-order valence-electron chi connectivity index (χ1n) is 9.92. The molecular weight excluding hydrogens is 467 g/mol. The summed E-state index contributed by atoms with van der Waals surface area (Å²) >= 11 is 8.76. The molecule has 9 heteroatoms. The number of halogens is 2. The molecule has 2 heterocycles. The smallest absolute Gasteiger partial charge is 0.234 e. The molecule has 2 aromatic heterocycles. The molecule has 0 radical (unpaired) electrons. The van der Waals surface area contributed by atoms with Crippen molar-refractivity contribution < 1.29 is 9.18 Å². The Balaban J connectivity index is 1.53. The number of rotatable bonds is 7. The molecule has 4 rings (SSSR count). The number of aryl methyl sites for hydroxylation is 1. The second-order valence-electron chi connectivity index (χ2n) is 6.96. The first-order chi connectivity index (χ1) is 15.5. The van der Waals surface area contributed by atoms with Crippen LogP contribution in [0.1, 0.15) is 11.8 Å². The summed E-state index contributed by atoms with van der Waals surface area (Å²) in [6.07, 6.45) is 0. The molecule has 0 atom stereocenters. The minimum atomic E-state index is -0.527. The molecule has 32 heavy (non-hydrogen) atoms. The van der Waals surface area contributed by atoms with Gasteiger partial charge in [0.05, 0.1) is 10.8 Å². The van der Waals surface area contributed by atoms with Gasteiger partial charge in [0.1, 0.15) is 5.82 Å². The van der Waals surface area contributed by atoms with Crippen molar-refractivity contribution in [2.24, 2.45) is 0 Å². The first-order valence-corrected chi connectivity index (χ1v) is 12.2. The molecule has 0 spiro atoms. The fraction of sp³-hybridized carbons (Fsp3) is 0.174. The molecule has 0 aliphatic carbocycles. The molecule has 0 bridgehead atoms. The van der Waals surface area contributed by atoms with Gasteiger partial charge in [-0.15, -0.1) is 21.5 Å². The lowest BCUT2D eigenvalue weighted by Gasteiger charge is -2.10. The fourth-order valence-electron chi connectivity index (χ4n) is 3.36. The first kappa shape index (κ1) is 22.5. The highest BCUT2D eigenvalue weighted by atomic mass is 35.5. The SMILES string of the molecule is CCn1c(SCC(=O)Nc2ccc(F)c(Cl)c2)nnc1-c1csc(C)c1-c1ccccc1. The lowest BCUT2D eigenvalue weighted by molar-refractivity contribution is -0.113. The third-order valence-corrected chi connectivity index (χ3v) is 7.01. The number of hydrogen-bond donors (Lipinski definition) is 1. The van der Waals surface area contributed by atoms with Crippen LogP contribution in [0.25, 0.3) is 22.5 Å². The fourth-order valence-corrected chi connectivity index (χ4v) is 5.21. The highest BCUT2D eigenvalue weighted by Gasteiger charge is 2.20. The molecule has 5 nitrogen and oxygen atoms in total. The number of hydrogen-bond acceptors (Lipinski definition) is 5. The largest absolute Gasteiger partial charge is 0.325 e. The van der Waals surface area contributed by atoms with Gasteiger partial charge in [-0.2, -0.15) is 0 Å². The van der Waals surface area contributed by atoms with E-state index in [0.29, 0.717) is 17.4 Å². The Hall–Kier alpha value is -2.68. The van der Waals surface area contributed by atoms with Crippen LogP contribution >= 0.6 is 34.7 Å². The standard InChI is InChI=1S/C23H20ClFN4OS2/c1-3-29-22(17-12-31-14(2)21(17)15-7-5-4-6-8-15)27-28-23(29)32-13-20(30)26-16-9-10-19(25)18(24)11-16/h4-12H,3,13H2,1-2H3,(H,26,30). The number of thioether (sulfide) groups is 1. The summed E-state index contributed by atoms with van der Waals surface area (Å²) in [7, 11) is 0. The molecule has 0 unspecified atom stereocenters. The number of benzene rings is 2. The van der Waals surface area contributed by atoms with Crippen molar-refractivity contribution in [3.05, 3.63) is 69.6 Å². The van der Waals surface area contributed by atoms with Crippen molar-refractivity contribution in [3.63, 3.8) is 0 Å². The van der Waals surface area contributed by atoms with Gasteiger partial charge >= 0.3 is 0 Å². The molecule has 0 saturated heterocycles. The Bertz CT molecular complexity index is 1260. The Morgan fingerprint density at radius 3 is 2.72 bits per heavy atom. The van der Waals surface area contributed by atoms with Gasteiger partial charge in [0.25, 0.3) is 0 Å². The molecule has 0 saturated carbocycles. The molecular formula is C23H20ClFN4OS2. The number of anilines is 1. The van der Waals surface area contributed by atoms with Crippen LogP contribution in [0.3, 0.4) is 0 Å². The number of carbonyl (C=O) groups excluding carboxylic acids is 1. The van der Waals surface area contributed by atoms with E-state index in [1.165, 1.54) is 34.8 Å². The van der Waals surface area contributed by atoms with E-state index < -0.39 is 5.82 Å². The summed E-state index contributed by atoms with van der Waals surface area (Å²) in [5.41, 5.74) is 3.77. The lowest BCUT2D eigenvalue weighted by Crippen LogP contribution is -2.14. The van der Waals surface area contributed by atoms with E-state index in [4.69, 9.17) is 11.6 Å². The number of amides is 1. The average Bonchev–Trinajstić information content (AvgIpc) is 3.38. The van der Waals surface area contributed by atoms with Crippen LogP contribution < -0.4 is 5.32 Å². The van der Waals surface area contributed by atoms with Gasteiger partial charge in [0.2, 0.25) is 5.91 Å². The van der Waals surface area contributed by atoms with E-state index in [1.54, 1.807) is 11.3 Å². The van der Waals surface area contributed by atoms with Crippen LogP contribution in [0.4, 0.5) is 10.1 Å². The maximum atomic E-state index is 13.3.